The fourth-order valence-electron chi connectivity index (χ4n) is 1.27. The highest BCUT2D eigenvalue weighted by Gasteiger charge is 2.20. The van der Waals surface area contributed by atoms with Crippen molar-refractivity contribution in [2.24, 2.45) is 0 Å². The zero-order valence-electron chi connectivity index (χ0n) is 10.4. The molecule has 3 nitrogen and oxygen atoms in total. The lowest BCUT2D eigenvalue weighted by atomic mass is 10.1. The molecule has 0 spiro atoms. The number of nitrogens with zero attached hydrogens (tertiary/aromatic N) is 1. The number of hydrogen-bond acceptors (Lipinski definition) is 3. The molecular formula is C11H15F4N3. The Morgan fingerprint density at radius 2 is 1.44 bits per heavy atom. The topological polar surface area (TPSA) is 37.0 Å². The molecule has 1 rings (SSSR count). The van der Waals surface area contributed by atoms with E-state index in [1.54, 1.807) is 0 Å². The molecule has 0 unspecified atom stereocenters. The fourth-order valence-corrected chi connectivity index (χ4v) is 1.27. The standard InChI is InChI=1S/C11H15F4N3/c1-11(2,3)17-5-4-16-8-6(12)9(14)18-10(15)7(8)13/h17H,4-5H2,1-3H3,(H,16,18). The minimum Gasteiger partial charge on any atom is -0.379 e. The Labute approximate surface area is 103 Å². The van der Waals surface area contributed by atoms with E-state index in [9.17, 15) is 17.6 Å². The van der Waals surface area contributed by atoms with Gasteiger partial charge in [-0.3, -0.25) is 0 Å². The molecule has 0 saturated carbocycles. The van der Waals surface area contributed by atoms with Crippen LogP contribution in [-0.2, 0) is 0 Å². The van der Waals surface area contributed by atoms with Crippen LogP contribution >= 0.6 is 0 Å². The summed E-state index contributed by atoms with van der Waals surface area (Å²) >= 11 is 0. The lowest BCUT2D eigenvalue weighted by molar-refractivity contribution is 0.409. The molecule has 0 radical (unpaired) electrons. The van der Waals surface area contributed by atoms with E-state index in [2.05, 4.69) is 15.6 Å². The molecule has 0 fully saturated rings. The first-order chi connectivity index (χ1) is 8.22. The Kier molecular flexibility index (Phi) is 4.50. The molecule has 1 aromatic rings. The number of aromatic nitrogens is 1. The van der Waals surface area contributed by atoms with Gasteiger partial charge < -0.3 is 10.6 Å². The predicted molar refractivity (Wildman–Crippen MR) is 60.3 cm³/mol. The van der Waals surface area contributed by atoms with Gasteiger partial charge in [-0.15, -0.1) is 0 Å². The van der Waals surface area contributed by atoms with Crippen molar-refractivity contribution in [3.8, 4) is 0 Å². The van der Waals surface area contributed by atoms with Gasteiger partial charge in [-0.1, -0.05) is 0 Å². The fraction of sp³-hybridized carbons (Fsp3) is 0.545. The van der Waals surface area contributed by atoms with Gasteiger partial charge in [0.25, 0.3) is 11.9 Å². The molecule has 1 heterocycles. The van der Waals surface area contributed by atoms with Gasteiger partial charge in [0.2, 0.25) is 11.6 Å². The van der Waals surface area contributed by atoms with Gasteiger partial charge >= 0.3 is 0 Å². The molecule has 0 aliphatic heterocycles. The van der Waals surface area contributed by atoms with Gasteiger partial charge in [0, 0.05) is 18.6 Å². The lowest BCUT2D eigenvalue weighted by Crippen LogP contribution is -2.38. The summed E-state index contributed by atoms with van der Waals surface area (Å²) in [5, 5.41) is 5.35. The smallest absolute Gasteiger partial charge is 0.253 e. The van der Waals surface area contributed by atoms with Gasteiger partial charge in [-0.2, -0.15) is 22.5 Å². The molecule has 18 heavy (non-hydrogen) atoms. The van der Waals surface area contributed by atoms with Crippen molar-refractivity contribution in [1.29, 1.82) is 0 Å². The van der Waals surface area contributed by atoms with Crippen molar-refractivity contribution in [3.05, 3.63) is 23.5 Å². The molecule has 0 amide bonds. The van der Waals surface area contributed by atoms with E-state index in [1.165, 1.54) is 0 Å². The minimum absolute atomic E-state index is 0.119. The van der Waals surface area contributed by atoms with E-state index < -0.39 is 29.2 Å². The molecule has 102 valence electrons. The molecule has 1 aromatic heterocycles. The first kappa shape index (κ1) is 14.7. The Hall–Kier alpha value is -1.37. The summed E-state index contributed by atoms with van der Waals surface area (Å²) in [6.45, 7) is 6.25. The summed E-state index contributed by atoms with van der Waals surface area (Å²) in [4.78, 5) is 2.46. The Morgan fingerprint density at radius 1 is 0.944 bits per heavy atom. The van der Waals surface area contributed by atoms with E-state index in [0.717, 1.165) is 0 Å². The summed E-state index contributed by atoms with van der Waals surface area (Å²) in [6.07, 6.45) is 0. The number of nitrogens with one attached hydrogen (secondary N) is 2. The highest BCUT2D eigenvalue weighted by molar-refractivity contribution is 5.45. The molecular weight excluding hydrogens is 250 g/mol. The highest BCUT2D eigenvalue weighted by Crippen LogP contribution is 2.21. The third kappa shape index (κ3) is 3.83. The number of rotatable bonds is 4. The van der Waals surface area contributed by atoms with Crippen LogP contribution in [0.5, 0.6) is 0 Å². The number of hydrogen-bond donors (Lipinski definition) is 2. The summed E-state index contributed by atoms with van der Waals surface area (Å²) in [5.41, 5.74) is -0.997. The second-order valence-corrected chi connectivity index (χ2v) is 4.80. The van der Waals surface area contributed by atoms with Crippen LogP contribution in [0, 0.1) is 23.5 Å². The first-order valence-electron chi connectivity index (χ1n) is 5.41. The van der Waals surface area contributed by atoms with Crippen LogP contribution in [0.4, 0.5) is 23.2 Å². The third-order valence-electron chi connectivity index (χ3n) is 2.08. The molecule has 7 heteroatoms. The quantitative estimate of drug-likeness (QED) is 0.499. The van der Waals surface area contributed by atoms with Crippen molar-refractivity contribution in [2.75, 3.05) is 18.4 Å². The second-order valence-electron chi connectivity index (χ2n) is 4.80. The molecule has 0 atom stereocenters. The maximum Gasteiger partial charge on any atom is 0.253 e. The van der Waals surface area contributed by atoms with E-state index >= 15 is 0 Å². The van der Waals surface area contributed by atoms with Crippen LogP contribution in [0.3, 0.4) is 0 Å². The average molecular weight is 265 g/mol. The van der Waals surface area contributed by atoms with Crippen molar-refractivity contribution in [1.82, 2.24) is 10.3 Å². The first-order valence-corrected chi connectivity index (χ1v) is 5.41. The summed E-state index contributed by atoms with van der Waals surface area (Å²) in [7, 11) is 0. The maximum absolute atomic E-state index is 13.2. The number of halogens is 4. The van der Waals surface area contributed by atoms with Crippen LogP contribution in [-0.4, -0.2) is 23.6 Å². The van der Waals surface area contributed by atoms with Gasteiger partial charge in [-0.05, 0) is 20.8 Å². The predicted octanol–water partition coefficient (Wildman–Crippen LogP) is 2.44. The Bertz CT molecular complexity index is 403. The largest absolute Gasteiger partial charge is 0.379 e. The maximum atomic E-state index is 13.2. The number of pyridine rings is 1. The average Bonchev–Trinajstić information content (AvgIpc) is 2.24. The number of anilines is 1. The van der Waals surface area contributed by atoms with E-state index in [4.69, 9.17) is 0 Å². The van der Waals surface area contributed by atoms with Gasteiger partial charge in [0.05, 0.1) is 0 Å². The third-order valence-corrected chi connectivity index (χ3v) is 2.08. The van der Waals surface area contributed by atoms with Crippen molar-refractivity contribution in [2.45, 2.75) is 26.3 Å². The van der Waals surface area contributed by atoms with E-state index in [1.807, 2.05) is 20.8 Å². The molecule has 0 aliphatic carbocycles. The van der Waals surface area contributed by atoms with Crippen molar-refractivity contribution in [3.63, 3.8) is 0 Å². The Balaban J connectivity index is 2.68. The zero-order chi connectivity index (χ0) is 13.9. The van der Waals surface area contributed by atoms with E-state index in [-0.39, 0.29) is 12.1 Å². The zero-order valence-corrected chi connectivity index (χ0v) is 10.4. The molecule has 0 bridgehead atoms. The molecule has 0 saturated heterocycles. The molecule has 0 aliphatic rings. The minimum atomic E-state index is -1.67. The van der Waals surface area contributed by atoms with Gasteiger partial charge in [0.1, 0.15) is 5.69 Å². The van der Waals surface area contributed by atoms with Crippen molar-refractivity contribution < 1.29 is 17.6 Å². The van der Waals surface area contributed by atoms with Crippen LogP contribution in [0.1, 0.15) is 20.8 Å². The van der Waals surface area contributed by atoms with E-state index in [0.29, 0.717) is 6.54 Å². The highest BCUT2D eigenvalue weighted by atomic mass is 19.2. The normalized spacial score (nSPS) is 11.7. The van der Waals surface area contributed by atoms with Crippen LogP contribution < -0.4 is 10.6 Å². The van der Waals surface area contributed by atoms with Gasteiger partial charge in [-0.25, -0.2) is 0 Å². The summed E-state index contributed by atoms with van der Waals surface area (Å²) in [6, 6.07) is 0. The Morgan fingerprint density at radius 3 is 1.89 bits per heavy atom. The monoisotopic (exact) mass is 265 g/mol. The van der Waals surface area contributed by atoms with Crippen molar-refractivity contribution >= 4 is 5.69 Å². The lowest BCUT2D eigenvalue weighted by Gasteiger charge is -2.20. The second kappa shape index (κ2) is 5.51. The molecule has 0 aromatic carbocycles. The molecule has 2 N–H and O–H groups in total. The van der Waals surface area contributed by atoms with Crippen LogP contribution in [0.25, 0.3) is 0 Å². The SMILES string of the molecule is CC(C)(C)NCCNc1c(F)c(F)nc(F)c1F. The van der Waals surface area contributed by atoms with Gasteiger partial charge in [0.15, 0.2) is 0 Å². The summed E-state index contributed by atoms with van der Waals surface area (Å²) in [5.74, 6) is -6.38. The summed E-state index contributed by atoms with van der Waals surface area (Å²) < 4.78 is 51.9. The van der Waals surface area contributed by atoms with Crippen LogP contribution in [0.15, 0.2) is 0 Å². The van der Waals surface area contributed by atoms with Crippen LogP contribution in [0.2, 0.25) is 0 Å².